The van der Waals surface area contributed by atoms with Gasteiger partial charge in [-0.25, -0.2) is 0 Å². The topological polar surface area (TPSA) is 119 Å². The van der Waals surface area contributed by atoms with E-state index in [1.807, 2.05) is 58.0 Å². The van der Waals surface area contributed by atoms with Crippen molar-refractivity contribution in [1.29, 1.82) is 0 Å². The van der Waals surface area contributed by atoms with E-state index in [-0.39, 0.29) is 36.6 Å². The van der Waals surface area contributed by atoms with Gasteiger partial charge in [0, 0.05) is 23.2 Å². The SMILES string of the molecule is CCCc1c(O)cccc1C(=O)N[C@@H](Cc1ccccc1)[C@H](O)C(=O)N1C[C@@H](Cl)C[C@H]1C(=O)NC(C)(C)C. The molecule has 0 radical (unpaired) electrons. The second-order valence-corrected chi connectivity index (χ2v) is 11.5. The molecule has 38 heavy (non-hydrogen) atoms. The van der Waals surface area contributed by atoms with E-state index in [0.29, 0.717) is 12.0 Å². The van der Waals surface area contributed by atoms with E-state index in [0.717, 1.165) is 12.0 Å². The zero-order chi connectivity index (χ0) is 28.0. The minimum Gasteiger partial charge on any atom is -0.508 e. The van der Waals surface area contributed by atoms with Crippen LogP contribution in [0.25, 0.3) is 0 Å². The number of carbonyl (C=O) groups is 3. The second-order valence-electron chi connectivity index (χ2n) is 10.8. The van der Waals surface area contributed by atoms with Gasteiger partial charge in [-0.2, -0.15) is 0 Å². The van der Waals surface area contributed by atoms with Crippen molar-refractivity contribution in [2.75, 3.05) is 6.54 Å². The molecular weight excluding hydrogens is 506 g/mol. The van der Waals surface area contributed by atoms with Gasteiger partial charge in [0.1, 0.15) is 11.8 Å². The molecule has 9 heteroatoms. The lowest BCUT2D eigenvalue weighted by Gasteiger charge is -2.32. The molecule has 4 atom stereocenters. The summed E-state index contributed by atoms with van der Waals surface area (Å²) in [5.74, 6) is -1.49. The lowest BCUT2D eigenvalue weighted by molar-refractivity contribution is -0.146. The molecule has 0 aromatic heterocycles. The number of phenolic OH excluding ortho intramolecular Hbond substituents is 1. The van der Waals surface area contributed by atoms with Gasteiger partial charge in [-0.3, -0.25) is 14.4 Å². The molecule has 3 amide bonds. The van der Waals surface area contributed by atoms with Gasteiger partial charge in [-0.15, -0.1) is 11.6 Å². The number of aromatic hydroxyl groups is 1. The summed E-state index contributed by atoms with van der Waals surface area (Å²) in [6, 6.07) is 12.1. The number of alkyl halides is 1. The third kappa shape index (κ3) is 7.48. The molecule has 4 N–H and O–H groups in total. The van der Waals surface area contributed by atoms with Crippen LogP contribution in [0, 0.1) is 0 Å². The van der Waals surface area contributed by atoms with Crippen molar-refractivity contribution in [2.45, 2.75) is 82.5 Å². The monoisotopic (exact) mass is 543 g/mol. The number of likely N-dealkylation sites (tertiary alicyclic amines) is 1. The summed E-state index contributed by atoms with van der Waals surface area (Å²) in [5, 5.41) is 26.9. The first-order chi connectivity index (χ1) is 17.9. The summed E-state index contributed by atoms with van der Waals surface area (Å²) < 4.78 is 0. The number of rotatable bonds is 9. The van der Waals surface area contributed by atoms with E-state index in [2.05, 4.69) is 10.6 Å². The Balaban J connectivity index is 1.88. The molecule has 1 aliphatic heterocycles. The second kappa shape index (κ2) is 12.6. The highest BCUT2D eigenvalue weighted by atomic mass is 35.5. The van der Waals surface area contributed by atoms with E-state index in [1.165, 1.54) is 11.0 Å². The number of carbonyl (C=O) groups excluding carboxylic acids is 3. The minimum absolute atomic E-state index is 0.0219. The van der Waals surface area contributed by atoms with E-state index < -0.39 is 40.9 Å². The number of benzene rings is 2. The minimum atomic E-state index is -1.63. The summed E-state index contributed by atoms with van der Waals surface area (Å²) >= 11 is 6.35. The maximum atomic E-state index is 13.6. The largest absolute Gasteiger partial charge is 0.508 e. The fraction of sp³-hybridized carbons (Fsp3) is 0.483. The number of aliphatic hydroxyl groups is 1. The normalized spacial score (nSPS) is 19.1. The molecule has 1 saturated heterocycles. The lowest BCUT2D eigenvalue weighted by Crippen LogP contribution is -2.57. The van der Waals surface area contributed by atoms with Gasteiger partial charge in [0.05, 0.1) is 11.4 Å². The Morgan fingerprint density at radius 3 is 2.42 bits per heavy atom. The van der Waals surface area contributed by atoms with Crippen molar-refractivity contribution < 1.29 is 24.6 Å². The summed E-state index contributed by atoms with van der Waals surface area (Å²) in [4.78, 5) is 41.2. The molecule has 1 aliphatic rings. The van der Waals surface area contributed by atoms with Crippen molar-refractivity contribution >= 4 is 29.3 Å². The number of nitrogens with zero attached hydrogens (tertiary/aromatic N) is 1. The summed E-state index contributed by atoms with van der Waals surface area (Å²) in [6.45, 7) is 7.59. The van der Waals surface area contributed by atoms with Crippen molar-refractivity contribution in [2.24, 2.45) is 0 Å². The van der Waals surface area contributed by atoms with Crippen LogP contribution in [0.15, 0.2) is 48.5 Å². The van der Waals surface area contributed by atoms with Gasteiger partial charge >= 0.3 is 0 Å². The summed E-state index contributed by atoms with van der Waals surface area (Å²) in [6.07, 6.45) is 0.0343. The highest BCUT2D eigenvalue weighted by Crippen LogP contribution is 2.26. The first kappa shape index (κ1) is 29.5. The molecule has 0 spiro atoms. The summed E-state index contributed by atoms with van der Waals surface area (Å²) in [5.41, 5.74) is 1.10. The molecule has 2 aromatic carbocycles. The highest BCUT2D eigenvalue weighted by molar-refractivity contribution is 6.21. The average Bonchev–Trinajstić information content (AvgIpc) is 3.25. The molecule has 2 aromatic rings. The number of amides is 3. The number of hydrogen-bond donors (Lipinski definition) is 4. The smallest absolute Gasteiger partial charge is 0.254 e. The van der Waals surface area contributed by atoms with Gasteiger partial charge in [0.25, 0.3) is 11.8 Å². The maximum Gasteiger partial charge on any atom is 0.254 e. The zero-order valence-corrected chi connectivity index (χ0v) is 23.2. The third-order valence-electron chi connectivity index (χ3n) is 6.48. The summed E-state index contributed by atoms with van der Waals surface area (Å²) in [7, 11) is 0. The molecule has 1 heterocycles. The van der Waals surface area contributed by atoms with Gasteiger partial charge in [0.15, 0.2) is 6.10 Å². The molecule has 0 unspecified atom stereocenters. The number of halogens is 1. The number of hydrogen-bond acceptors (Lipinski definition) is 5. The van der Waals surface area contributed by atoms with Crippen molar-refractivity contribution in [3.8, 4) is 5.75 Å². The van der Waals surface area contributed by atoms with Gasteiger partial charge in [-0.05, 0) is 57.7 Å². The fourth-order valence-corrected chi connectivity index (χ4v) is 5.05. The predicted octanol–water partition coefficient (Wildman–Crippen LogP) is 3.17. The number of nitrogens with one attached hydrogen (secondary N) is 2. The third-order valence-corrected chi connectivity index (χ3v) is 6.80. The van der Waals surface area contributed by atoms with Crippen LogP contribution >= 0.6 is 11.6 Å². The maximum absolute atomic E-state index is 13.6. The molecule has 8 nitrogen and oxygen atoms in total. The average molecular weight is 544 g/mol. The Labute approximate surface area is 229 Å². The molecule has 0 aliphatic carbocycles. The molecular formula is C29H38ClN3O5. The molecule has 206 valence electrons. The Kier molecular flexibility index (Phi) is 9.79. The van der Waals surface area contributed by atoms with Crippen molar-refractivity contribution in [3.05, 3.63) is 65.2 Å². The molecule has 3 rings (SSSR count). The van der Waals surface area contributed by atoms with Crippen LogP contribution in [0.5, 0.6) is 5.75 Å². The Morgan fingerprint density at radius 1 is 1.11 bits per heavy atom. The van der Waals surface area contributed by atoms with Gasteiger partial charge in [0.2, 0.25) is 5.91 Å². The molecule has 0 saturated carbocycles. The number of aliphatic hydroxyl groups excluding tert-OH is 1. The zero-order valence-electron chi connectivity index (χ0n) is 22.4. The molecule has 1 fully saturated rings. The van der Waals surface area contributed by atoms with Crippen LogP contribution in [0.3, 0.4) is 0 Å². The van der Waals surface area contributed by atoms with Gasteiger partial charge in [-0.1, -0.05) is 49.7 Å². The van der Waals surface area contributed by atoms with Crippen LogP contribution < -0.4 is 10.6 Å². The Morgan fingerprint density at radius 2 is 1.79 bits per heavy atom. The number of phenols is 1. The van der Waals surface area contributed by atoms with Crippen LogP contribution in [-0.2, 0) is 22.4 Å². The first-order valence-electron chi connectivity index (χ1n) is 13.0. The predicted molar refractivity (Wildman–Crippen MR) is 147 cm³/mol. The van der Waals surface area contributed by atoms with Crippen molar-refractivity contribution in [1.82, 2.24) is 15.5 Å². The quantitative estimate of drug-likeness (QED) is 0.362. The first-order valence-corrected chi connectivity index (χ1v) is 13.4. The molecule has 0 bridgehead atoms. The van der Waals surface area contributed by atoms with E-state index >= 15 is 0 Å². The van der Waals surface area contributed by atoms with E-state index in [1.54, 1.807) is 12.1 Å². The van der Waals surface area contributed by atoms with Crippen LogP contribution in [0.2, 0.25) is 0 Å². The van der Waals surface area contributed by atoms with Crippen LogP contribution in [0.4, 0.5) is 0 Å². The standard InChI is InChI=1S/C29H38ClN3O5/c1-5-10-20-21(13-9-14-24(20)34)26(36)31-22(15-18-11-7-6-8-12-18)25(35)28(38)33-17-19(30)16-23(33)27(37)32-29(2,3)4/h6-9,11-14,19,22-23,25,34-35H,5,10,15-17H2,1-4H3,(H,31,36)(H,32,37)/t19-,22-,23-,25-/m0/s1. The lowest BCUT2D eigenvalue weighted by atomic mass is 9.97. The highest BCUT2D eigenvalue weighted by Gasteiger charge is 2.43. The Bertz CT molecular complexity index is 1130. The van der Waals surface area contributed by atoms with Crippen LogP contribution in [-0.4, -0.2) is 68.5 Å². The Hall–Kier alpha value is -3.10. The van der Waals surface area contributed by atoms with Gasteiger partial charge < -0.3 is 25.7 Å². The van der Waals surface area contributed by atoms with Crippen LogP contribution in [0.1, 0.15) is 62.0 Å². The van der Waals surface area contributed by atoms with Crippen molar-refractivity contribution in [3.63, 3.8) is 0 Å². The van der Waals surface area contributed by atoms with E-state index in [9.17, 15) is 24.6 Å². The van der Waals surface area contributed by atoms with E-state index in [4.69, 9.17) is 11.6 Å². The fourth-order valence-electron chi connectivity index (χ4n) is 4.73.